The second kappa shape index (κ2) is 7.39. The lowest BCUT2D eigenvalue weighted by Gasteiger charge is -2.11. The summed E-state index contributed by atoms with van der Waals surface area (Å²) in [5.41, 5.74) is -0.148. The maximum Gasteiger partial charge on any atom is 0.262 e. The maximum atomic E-state index is 13.6. The molecule has 0 bridgehead atoms. The third kappa shape index (κ3) is 4.41. The first kappa shape index (κ1) is 17.2. The van der Waals surface area contributed by atoms with E-state index in [4.69, 9.17) is 16.3 Å². The van der Waals surface area contributed by atoms with E-state index in [2.05, 4.69) is 37.2 Å². The summed E-state index contributed by atoms with van der Waals surface area (Å²) in [4.78, 5) is 11.8. The van der Waals surface area contributed by atoms with E-state index in [1.807, 2.05) is 0 Å². The van der Waals surface area contributed by atoms with Crippen molar-refractivity contribution in [2.24, 2.45) is 0 Å². The first-order valence-corrected chi connectivity index (χ1v) is 7.85. The lowest BCUT2D eigenvalue weighted by molar-refractivity contribution is -0.118. The zero-order valence-electron chi connectivity index (χ0n) is 10.8. The van der Waals surface area contributed by atoms with Crippen LogP contribution in [0.5, 0.6) is 5.75 Å². The summed E-state index contributed by atoms with van der Waals surface area (Å²) in [5, 5.41) is 2.83. The van der Waals surface area contributed by atoms with Crippen LogP contribution in [0.25, 0.3) is 0 Å². The molecule has 116 valence electrons. The third-order valence-electron chi connectivity index (χ3n) is 2.52. The number of ether oxygens (including phenoxy) is 1. The summed E-state index contributed by atoms with van der Waals surface area (Å²) in [6.07, 6.45) is 0. The Bertz CT molecular complexity index is 705. The molecule has 1 N–H and O–H groups in total. The number of rotatable bonds is 4. The number of amides is 1. The SMILES string of the molecule is O=C(COc1ccc(Cl)cc1Br)Nc1c(F)cc(F)cc1Br. The molecular formula is C14H8Br2ClF2NO2. The second-order valence-electron chi connectivity index (χ2n) is 4.16. The van der Waals surface area contributed by atoms with Crippen molar-refractivity contribution in [3.05, 3.63) is 55.9 Å². The average molecular weight is 455 g/mol. The molecule has 0 unspecified atom stereocenters. The van der Waals surface area contributed by atoms with Gasteiger partial charge in [0.1, 0.15) is 11.6 Å². The highest BCUT2D eigenvalue weighted by Crippen LogP contribution is 2.29. The van der Waals surface area contributed by atoms with Crippen LogP contribution in [-0.4, -0.2) is 12.5 Å². The number of halogens is 5. The fraction of sp³-hybridized carbons (Fsp3) is 0.0714. The molecule has 0 heterocycles. The number of nitrogens with one attached hydrogen (secondary N) is 1. The van der Waals surface area contributed by atoms with Crippen LogP contribution < -0.4 is 10.1 Å². The van der Waals surface area contributed by atoms with Crippen LogP contribution in [0.4, 0.5) is 14.5 Å². The molecule has 1 amide bonds. The topological polar surface area (TPSA) is 38.3 Å². The first-order chi connectivity index (χ1) is 10.4. The molecule has 0 aliphatic carbocycles. The lowest BCUT2D eigenvalue weighted by atomic mass is 10.3. The minimum absolute atomic E-state index is 0.103. The van der Waals surface area contributed by atoms with Crippen LogP contribution in [-0.2, 0) is 4.79 Å². The fourth-order valence-electron chi connectivity index (χ4n) is 1.57. The van der Waals surface area contributed by atoms with Gasteiger partial charge in [-0.3, -0.25) is 4.79 Å². The van der Waals surface area contributed by atoms with Crippen LogP contribution in [0.2, 0.25) is 5.02 Å². The van der Waals surface area contributed by atoms with E-state index in [1.54, 1.807) is 18.2 Å². The van der Waals surface area contributed by atoms with Gasteiger partial charge in [-0.1, -0.05) is 11.6 Å². The van der Waals surface area contributed by atoms with E-state index in [9.17, 15) is 13.6 Å². The van der Waals surface area contributed by atoms with E-state index < -0.39 is 17.5 Å². The Kier molecular flexibility index (Phi) is 5.77. The zero-order chi connectivity index (χ0) is 16.3. The molecule has 8 heteroatoms. The zero-order valence-corrected chi connectivity index (χ0v) is 14.7. The quantitative estimate of drug-likeness (QED) is 0.692. The van der Waals surface area contributed by atoms with Gasteiger partial charge in [-0.2, -0.15) is 0 Å². The van der Waals surface area contributed by atoms with E-state index >= 15 is 0 Å². The van der Waals surface area contributed by atoms with Crippen molar-refractivity contribution in [1.29, 1.82) is 0 Å². The minimum atomic E-state index is -0.882. The Labute approximate surface area is 146 Å². The normalized spacial score (nSPS) is 10.4. The van der Waals surface area contributed by atoms with Crippen molar-refractivity contribution in [2.45, 2.75) is 0 Å². The summed E-state index contributed by atoms with van der Waals surface area (Å²) < 4.78 is 32.6. The van der Waals surface area contributed by atoms with Gasteiger partial charge in [0.15, 0.2) is 12.4 Å². The molecule has 0 aliphatic rings. The van der Waals surface area contributed by atoms with E-state index in [0.717, 1.165) is 6.07 Å². The number of hydrogen-bond donors (Lipinski definition) is 1. The molecule has 3 nitrogen and oxygen atoms in total. The second-order valence-corrected chi connectivity index (χ2v) is 6.30. The molecule has 2 rings (SSSR count). The molecule has 22 heavy (non-hydrogen) atoms. The van der Waals surface area contributed by atoms with Gasteiger partial charge in [-0.25, -0.2) is 8.78 Å². The predicted molar refractivity (Wildman–Crippen MR) is 87.3 cm³/mol. The van der Waals surface area contributed by atoms with Gasteiger partial charge in [0.25, 0.3) is 5.91 Å². The molecule has 0 saturated heterocycles. The lowest BCUT2D eigenvalue weighted by Crippen LogP contribution is -2.21. The Morgan fingerprint density at radius 3 is 2.55 bits per heavy atom. The summed E-state index contributed by atoms with van der Waals surface area (Å²) in [6.45, 7) is -0.344. The summed E-state index contributed by atoms with van der Waals surface area (Å²) in [6, 6.07) is 6.54. The Hall–Kier alpha value is -1.18. The maximum absolute atomic E-state index is 13.6. The largest absolute Gasteiger partial charge is 0.483 e. The Balaban J connectivity index is 2.02. The highest BCUT2D eigenvalue weighted by Gasteiger charge is 2.13. The van der Waals surface area contributed by atoms with Gasteiger partial charge in [0.05, 0.1) is 10.2 Å². The Morgan fingerprint density at radius 1 is 1.18 bits per heavy atom. The summed E-state index contributed by atoms with van der Waals surface area (Å²) in [7, 11) is 0. The summed E-state index contributed by atoms with van der Waals surface area (Å²) in [5.74, 6) is -1.80. The van der Waals surface area contributed by atoms with Gasteiger partial charge < -0.3 is 10.1 Å². The Morgan fingerprint density at radius 2 is 1.91 bits per heavy atom. The van der Waals surface area contributed by atoms with Crippen molar-refractivity contribution in [3.8, 4) is 5.75 Å². The van der Waals surface area contributed by atoms with E-state index in [0.29, 0.717) is 21.3 Å². The van der Waals surface area contributed by atoms with Crippen molar-refractivity contribution in [2.75, 3.05) is 11.9 Å². The molecule has 0 fully saturated rings. The average Bonchev–Trinajstić information content (AvgIpc) is 2.42. The van der Waals surface area contributed by atoms with Gasteiger partial charge >= 0.3 is 0 Å². The molecule has 0 radical (unpaired) electrons. The molecule has 0 saturated carbocycles. The highest BCUT2D eigenvalue weighted by molar-refractivity contribution is 9.11. The third-order valence-corrected chi connectivity index (χ3v) is 4.00. The van der Waals surface area contributed by atoms with Crippen molar-refractivity contribution in [1.82, 2.24) is 0 Å². The predicted octanol–water partition coefficient (Wildman–Crippen LogP) is 5.16. The molecule has 0 aliphatic heterocycles. The van der Waals surface area contributed by atoms with Crippen LogP contribution in [0.3, 0.4) is 0 Å². The van der Waals surface area contributed by atoms with Gasteiger partial charge in [0, 0.05) is 15.6 Å². The van der Waals surface area contributed by atoms with Gasteiger partial charge in [0.2, 0.25) is 0 Å². The minimum Gasteiger partial charge on any atom is -0.483 e. The highest BCUT2D eigenvalue weighted by atomic mass is 79.9. The standard InChI is InChI=1S/C14H8Br2ClF2NO2/c15-9-3-7(17)1-2-12(9)22-6-13(21)20-14-10(16)4-8(18)5-11(14)19/h1-5H,6H2,(H,20,21). The van der Waals surface area contributed by atoms with Crippen molar-refractivity contribution >= 4 is 55.1 Å². The smallest absolute Gasteiger partial charge is 0.262 e. The van der Waals surface area contributed by atoms with Crippen molar-refractivity contribution in [3.63, 3.8) is 0 Å². The van der Waals surface area contributed by atoms with E-state index in [-0.39, 0.29) is 16.8 Å². The van der Waals surface area contributed by atoms with Gasteiger partial charge in [-0.15, -0.1) is 0 Å². The molecule has 0 atom stereocenters. The van der Waals surface area contributed by atoms with Crippen LogP contribution >= 0.6 is 43.5 Å². The first-order valence-electron chi connectivity index (χ1n) is 5.89. The number of anilines is 1. The molecular weight excluding hydrogens is 447 g/mol. The number of carbonyl (C=O) groups is 1. The number of benzene rings is 2. The molecule has 2 aromatic carbocycles. The molecule has 0 spiro atoms. The number of hydrogen-bond acceptors (Lipinski definition) is 2. The van der Waals surface area contributed by atoms with Crippen LogP contribution in [0.15, 0.2) is 39.3 Å². The van der Waals surface area contributed by atoms with Crippen LogP contribution in [0.1, 0.15) is 0 Å². The van der Waals surface area contributed by atoms with Crippen molar-refractivity contribution < 1.29 is 18.3 Å². The van der Waals surface area contributed by atoms with Gasteiger partial charge in [-0.05, 0) is 56.1 Å². The van der Waals surface area contributed by atoms with E-state index in [1.165, 1.54) is 0 Å². The molecule has 0 aromatic heterocycles. The monoisotopic (exact) mass is 453 g/mol. The fourth-order valence-corrected chi connectivity index (χ4v) is 2.88. The summed E-state index contributed by atoms with van der Waals surface area (Å²) >= 11 is 12.0. The van der Waals surface area contributed by atoms with Crippen LogP contribution in [0, 0.1) is 11.6 Å². The molecule has 2 aromatic rings. The number of carbonyl (C=O) groups excluding carboxylic acids is 1.